The van der Waals surface area contributed by atoms with Gasteiger partial charge in [0.05, 0.1) is 34.6 Å². The molecule has 1 amide bonds. The minimum atomic E-state index is -0.493. The van der Waals surface area contributed by atoms with Crippen LogP contribution < -0.4 is 5.32 Å². The average Bonchev–Trinajstić information content (AvgIpc) is 3.32. The first-order valence-corrected chi connectivity index (χ1v) is 8.88. The summed E-state index contributed by atoms with van der Waals surface area (Å²) in [6.45, 7) is 5.99. The van der Waals surface area contributed by atoms with Crippen molar-refractivity contribution in [1.29, 1.82) is 0 Å². The smallest absolute Gasteiger partial charge is 0.337 e. The van der Waals surface area contributed by atoms with Gasteiger partial charge in [0.2, 0.25) is 0 Å². The molecule has 1 aromatic heterocycles. The van der Waals surface area contributed by atoms with Gasteiger partial charge in [-0.2, -0.15) is 5.10 Å². The summed E-state index contributed by atoms with van der Waals surface area (Å²) in [5.74, 6) is -0.368. The van der Waals surface area contributed by atoms with Gasteiger partial charge in [-0.15, -0.1) is 0 Å². The molecule has 1 aliphatic carbocycles. The van der Waals surface area contributed by atoms with Crippen LogP contribution in [0.1, 0.15) is 66.1 Å². The van der Waals surface area contributed by atoms with Gasteiger partial charge >= 0.3 is 5.97 Å². The van der Waals surface area contributed by atoms with Crippen LogP contribution in [0.4, 0.5) is 5.69 Å². The maximum Gasteiger partial charge on any atom is 0.337 e. The zero-order valence-electron chi connectivity index (χ0n) is 15.3. The SMILES string of the molecule is COC(=O)c1ccc(Cl)c(NC(=O)c2cc(C3CC3)nn2C(C)(C)C)c1. The van der Waals surface area contributed by atoms with Crippen molar-refractivity contribution < 1.29 is 14.3 Å². The van der Waals surface area contributed by atoms with Crippen LogP contribution in [0.2, 0.25) is 5.02 Å². The van der Waals surface area contributed by atoms with Gasteiger partial charge in [-0.1, -0.05) is 11.6 Å². The van der Waals surface area contributed by atoms with E-state index in [0.29, 0.717) is 27.9 Å². The molecule has 26 heavy (non-hydrogen) atoms. The Morgan fingerprint density at radius 3 is 2.54 bits per heavy atom. The molecule has 1 heterocycles. The fraction of sp³-hybridized carbons (Fsp3) is 0.421. The molecule has 1 N–H and O–H groups in total. The van der Waals surface area contributed by atoms with Crippen LogP contribution in [0.25, 0.3) is 0 Å². The third-order valence-electron chi connectivity index (χ3n) is 4.23. The zero-order chi connectivity index (χ0) is 19.1. The Kier molecular flexibility index (Phi) is 4.80. The zero-order valence-corrected chi connectivity index (χ0v) is 16.1. The summed E-state index contributed by atoms with van der Waals surface area (Å²) in [6, 6.07) is 6.45. The van der Waals surface area contributed by atoms with Crippen LogP contribution >= 0.6 is 11.6 Å². The van der Waals surface area contributed by atoms with Crippen molar-refractivity contribution >= 4 is 29.2 Å². The lowest BCUT2D eigenvalue weighted by Gasteiger charge is -2.22. The summed E-state index contributed by atoms with van der Waals surface area (Å²) in [5.41, 5.74) is 1.75. The largest absolute Gasteiger partial charge is 0.465 e. The highest BCUT2D eigenvalue weighted by atomic mass is 35.5. The molecule has 0 saturated heterocycles. The predicted octanol–water partition coefficient (Wildman–Crippen LogP) is 4.21. The quantitative estimate of drug-likeness (QED) is 0.812. The molecule has 2 aromatic rings. The third kappa shape index (κ3) is 3.75. The van der Waals surface area contributed by atoms with Gasteiger partial charge in [0.25, 0.3) is 5.91 Å². The number of halogens is 1. The van der Waals surface area contributed by atoms with Crippen LogP contribution in [-0.4, -0.2) is 28.8 Å². The lowest BCUT2D eigenvalue weighted by atomic mass is 10.1. The lowest BCUT2D eigenvalue weighted by molar-refractivity contribution is 0.0600. The second-order valence-corrected chi connectivity index (χ2v) is 7.86. The normalized spacial score (nSPS) is 14.2. The Morgan fingerprint density at radius 2 is 1.96 bits per heavy atom. The first-order chi connectivity index (χ1) is 12.2. The monoisotopic (exact) mass is 375 g/mol. The number of hydrogen-bond acceptors (Lipinski definition) is 4. The number of hydrogen-bond donors (Lipinski definition) is 1. The highest BCUT2D eigenvalue weighted by molar-refractivity contribution is 6.34. The standard InChI is InChI=1S/C19H22ClN3O3/c1-19(2,3)23-16(10-14(22-23)11-5-6-11)17(24)21-15-9-12(18(25)26-4)7-8-13(15)20/h7-11H,5-6H2,1-4H3,(H,21,24). The number of amides is 1. The molecule has 0 radical (unpaired) electrons. The molecule has 1 saturated carbocycles. The molecule has 7 heteroatoms. The molecule has 0 atom stereocenters. The fourth-order valence-electron chi connectivity index (χ4n) is 2.70. The molecule has 0 unspecified atom stereocenters. The summed E-state index contributed by atoms with van der Waals surface area (Å²) in [5, 5.41) is 7.77. The molecule has 1 aromatic carbocycles. The van der Waals surface area contributed by atoms with Crippen molar-refractivity contribution in [2.75, 3.05) is 12.4 Å². The van der Waals surface area contributed by atoms with Crippen molar-refractivity contribution in [1.82, 2.24) is 9.78 Å². The Labute approximate surface area is 157 Å². The van der Waals surface area contributed by atoms with E-state index >= 15 is 0 Å². The van der Waals surface area contributed by atoms with E-state index in [0.717, 1.165) is 18.5 Å². The van der Waals surface area contributed by atoms with E-state index in [9.17, 15) is 9.59 Å². The number of anilines is 1. The number of carbonyl (C=O) groups is 2. The highest BCUT2D eigenvalue weighted by Gasteiger charge is 2.31. The minimum Gasteiger partial charge on any atom is -0.465 e. The molecule has 3 rings (SSSR count). The Bertz CT molecular complexity index is 863. The first kappa shape index (κ1) is 18.5. The van der Waals surface area contributed by atoms with Crippen LogP contribution in [0, 0.1) is 0 Å². The number of esters is 1. The van der Waals surface area contributed by atoms with Crippen LogP contribution in [0.3, 0.4) is 0 Å². The van der Waals surface area contributed by atoms with Crippen molar-refractivity contribution in [3.8, 4) is 0 Å². The fourth-order valence-corrected chi connectivity index (χ4v) is 2.87. The van der Waals surface area contributed by atoms with Crippen molar-refractivity contribution in [2.24, 2.45) is 0 Å². The first-order valence-electron chi connectivity index (χ1n) is 8.50. The number of rotatable bonds is 4. The topological polar surface area (TPSA) is 73.2 Å². The van der Waals surface area contributed by atoms with Crippen molar-refractivity contribution in [3.63, 3.8) is 0 Å². The summed E-state index contributed by atoms with van der Waals surface area (Å²) >= 11 is 6.18. The summed E-state index contributed by atoms with van der Waals surface area (Å²) in [7, 11) is 1.30. The maximum atomic E-state index is 12.9. The number of carbonyl (C=O) groups excluding carboxylic acids is 2. The molecular weight excluding hydrogens is 354 g/mol. The summed E-state index contributed by atoms with van der Waals surface area (Å²) < 4.78 is 6.46. The van der Waals surface area contributed by atoms with Gasteiger partial charge in [-0.05, 0) is 57.9 Å². The summed E-state index contributed by atoms with van der Waals surface area (Å²) in [4.78, 5) is 24.6. The van der Waals surface area contributed by atoms with E-state index in [-0.39, 0.29) is 11.4 Å². The Hall–Kier alpha value is -2.34. The number of methoxy groups -OCH3 is 1. The van der Waals surface area contributed by atoms with Gasteiger partial charge in [0, 0.05) is 5.92 Å². The van der Waals surface area contributed by atoms with E-state index in [1.807, 2.05) is 26.8 Å². The number of nitrogens with one attached hydrogen (secondary N) is 1. The van der Waals surface area contributed by atoms with Crippen LogP contribution in [0.15, 0.2) is 24.3 Å². The van der Waals surface area contributed by atoms with Gasteiger partial charge < -0.3 is 10.1 Å². The van der Waals surface area contributed by atoms with Crippen LogP contribution in [0.5, 0.6) is 0 Å². The lowest BCUT2D eigenvalue weighted by Crippen LogP contribution is -2.29. The molecule has 1 fully saturated rings. The van der Waals surface area contributed by atoms with E-state index < -0.39 is 5.97 Å². The average molecular weight is 376 g/mol. The van der Waals surface area contributed by atoms with Gasteiger partial charge in [0.15, 0.2) is 0 Å². The van der Waals surface area contributed by atoms with Gasteiger partial charge in [0.1, 0.15) is 5.69 Å². The van der Waals surface area contributed by atoms with Crippen molar-refractivity contribution in [3.05, 3.63) is 46.2 Å². The third-order valence-corrected chi connectivity index (χ3v) is 4.56. The molecule has 0 aliphatic heterocycles. The van der Waals surface area contributed by atoms with E-state index in [2.05, 4.69) is 10.4 Å². The second kappa shape index (κ2) is 6.76. The molecule has 1 aliphatic rings. The maximum absolute atomic E-state index is 12.9. The van der Waals surface area contributed by atoms with Gasteiger partial charge in [-0.3, -0.25) is 9.48 Å². The minimum absolute atomic E-state index is 0.315. The van der Waals surface area contributed by atoms with E-state index in [4.69, 9.17) is 16.3 Å². The number of benzene rings is 1. The molecule has 0 bridgehead atoms. The Balaban J connectivity index is 1.92. The summed E-state index contributed by atoms with van der Waals surface area (Å²) in [6.07, 6.45) is 2.21. The number of nitrogens with zero attached hydrogens (tertiary/aromatic N) is 2. The van der Waals surface area contributed by atoms with Crippen LogP contribution in [-0.2, 0) is 10.3 Å². The van der Waals surface area contributed by atoms with Crippen molar-refractivity contribution in [2.45, 2.75) is 45.1 Å². The Morgan fingerprint density at radius 1 is 1.27 bits per heavy atom. The van der Waals surface area contributed by atoms with E-state index in [1.165, 1.54) is 13.2 Å². The second-order valence-electron chi connectivity index (χ2n) is 7.45. The predicted molar refractivity (Wildman–Crippen MR) is 99.9 cm³/mol. The molecule has 0 spiro atoms. The van der Waals surface area contributed by atoms with E-state index in [1.54, 1.807) is 16.8 Å². The number of aromatic nitrogens is 2. The number of ether oxygens (including phenoxy) is 1. The van der Waals surface area contributed by atoms with Gasteiger partial charge in [-0.25, -0.2) is 4.79 Å². The molecule has 138 valence electrons. The molecular formula is C19H22ClN3O3. The molecule has 6 nitrogen and oxygen atoms in total. The highest BCUT2D eigenvalue weighted by Crippen LogP contribution is 2.40.